The molecule has 1 aromatic rings. The zero-order valence-electron chi connectivity index (χ0n) is 8.18. The predicted octanol–water partition coefficient (Wildman–Crippen LogP) is 1.87. The fourth-order valence-electron chi connectivity index (χ4n) is 1.31. The molecule has 1 aromatic carbocycles. The van der Waals surface area contributed by atoms with Crippen molar-refractivity contribution in [2.45, 2.75) is 6.10 Å². The van der Waals surface area contributed by atoms with Gasteiger partial charge in [0.05, 0.1) is 5.56 Å². The molecule has 0 spiro atoms. The fourth-order valence-corrected chi connectivity index (χ4v) is 1.31. The van der Waals surface area contributed by atoms with Crippen molar-refractivity contribution in [2.75, 3.05) is 20.7 Å². The molecule has 4 heteroatoms. The van der Waals surface area contributed by atoms with Crippen LogP contribution in [0.5, 0.6) is 0 Å². The van der Waals surface area contributed by atoms with Crippen molar-refractivity contribution in [2.24, 2.45) is 0 Å². The van der Waals surface area contributed by atoms with Gasteiger partial charge in [-0.15, -0.1) is 0 Å². The fraction of sp³-hybridized carbons (Fsp3) is 0.400. The average Bonchev–Trinajstić information content (AvgIpc) is 2.16. The smallest absolute Gasteiger partial charge is 0.132 e. The average molecular weight is 201 g/mol. The van der Waals surface area contributed by atoms with Crippen LogP contribution in [0.2, 0.25) is 0 Å². The Morgan fingerprint density at radius 2 is 1.93 bits per heavy atom. The standard InChI is InChI=1S/C10H13F2NO/c1-13-6-9(14-2)10-7(11)4-3-5-8(10)12/h3-5,9,13H,6H2,1-2H3/t9-/m1/s1. The second kappa shape index (κ2) is 5.02. The maximum Gasteiger partial charge on any atom is 0.132 e. The zero-order valence-corrected chi connectivity index (χ0v) is 8.18. The molecule has 0 heterocycles. The first-order valence-electron chi connectivity index (χ1n) is 4.32. The van der Waals surface area contributed by atoms with E-state index in [1.165, 1.54) is 25.3 Å². The number of rotatable bonds is 4. The van der Waals surface area contributed by atoms with Crippen molar-refractivity contribution in [3.8, 4) is 0 Å². The summed E-state index contributed by atoms with van der Waals surface area (Å²) in [6.45, 7) is 0.369. The number of hydrogen-bond donors (Lipinski definition) is 1. The summed E-state index contributed by atoms with van der Waals surface area (Å²) in [5.41, 5.74) is -0.0237. The lowest BCUT2D eigenvalue weighted by molar-refractivity contribution is 0.0975. The Bertz CT molecular complexity index is 284. The van der Waals surface area contributed by atoms with Crippen LogP contribution in [0.1, 0.15) is 11.7 Å². The Hall–Kier alpha value is -1.00. The number of methoxy groups -OCH3 is 1. The summed E-state index contributed by atoms with van der Waals surface area (Å²) >= 11 is 0. The highest BCUT2D eigenvalue weighted by molar-refractivity contribution is 5.22. The van der Waals surface area contributed by atoms with Gasteiger partial charge in [-0.05, 0) is 19.2 Å². The van der Waals surface area contributed by atoms with Crippen LogP contribution < -0.4 is 5.32 Å². The molecule has 1 atom stereocenters. The summed E-state index contributed by atoms with van der Waals surface area (Å²) in [5.74, 6) is -1.15. The molecular weight excluding hydrogens is 188 g/mol. The van der Waals surface area contributed by atoms with Crippen molar-refractivity contribution in [1.82, 2.24) is 5.32 Å². The molecule has 1 rings (SSSR count). The first-order valence-corrected chi connectivity index (χ1v) is 4.32. The first-order chi connectivity index (χ1) is 6.70. The molecule has 14 heavy (non-hydrogen) atoms. The van der Waals surface area contributed by atoms with Crippen molar-refractivity contribution < 1.29 is 13.5 Å². The monoisotopic (exact) mass is 201 g/mol. The molecule has 2 nitrogen and oxygen atoms in total. The van der Waals surface area contributed by atoms with Crippen LogP contribution >= 0.6 is 0 Å². The van der Waals surface area contributed by atoms with Crippen LogP contribution in [0, 0.1) is 11.6 Å². The largest absolute Gasteiger partial charge is 0.375 e. The topological polar surface area (TPSA) is 21.3 Å². The highest BCUT2D eigenvalue weighted by atomic mass is 19.1. The van der Waals surface area contributed by atoms with E-state index in [9.17, 15) is 8.78 Å². The van der Waals surface area contributed by atoms with E-state index < -0.39 is 17.7 Å². The van der Waals surface area contributed by atoms with Crippen molar-refractivity contribution in [3.63, 3.8) is 0 Å². The summed E-state index contributed by atoms with van der Waals surface area (Å²) in [5, 5.41) is 2.81. The number of likely N-dealkylation sites (N-methyl/N-ethyl adjacent to an activating group) is 1. The summed E-state index contributed by atoms with van der Waals surface area (Å²) < 4.78 is 31.5. The molecule has 1 N–H and O–H groups in total. The van der Waals surface area contributed by atoms with Crippen molar-refractivity contribution in [3.05, 3.63) is 35.4 Å². The van der Waals surface area contributed by atoms with E-state index in [-0.39, 0.29) is 5.56 Å². The van der Waals surface area contributed by atoms with Gasteiger partial charge in [0.1, 0.15) is 17.7 Å². The van der Waals surface area contributed by atoms with Crippen molar-refractivity contribution in [1.29, 1.82) is 0 Å². The zero-order chi connectivity index (χ0) is 10.6. The molecule has 0 saturated carbocycles. The molecule has 0 unspecified atom stereocenters. The molecule has 0 saturated heterocycles. The van der Waals surface area contributed by atoms with E-state index in [1.807, 2.05) is 0 Å². The van der Waals surface area contributed by atoms with Gasteiger partial charge in [0.2, 0.25) is 0 Å². The Morgan fingerprint density at radius 1 is 1.36 bits per heavy atom. The number of hydrogen-bond acceptors (Lipinski definition) is 2. The van der Waals surface area contributed by atoms with Gasteiger partial charge in [0.25, 0.3) is 0 Å². The third-order valence-corrected chi connectivity index (χ3v) is 2.00. The van der Waals surface area contributed by atoms with E-state index >= 15 is 0 Å². The molecule has 0 aliphatic heterocycles. The summed E-state index contributed by atoms with van der Waals surface area (Å²) in [6, 6.07) is 3.78. The van der Waals surface area contributed by atoms with Crippen LogP contribution in [-0.4, -0.2) is 20.7 Å². The minimum absolute atomic E-state index is 0.0237. The van der Waals surface area contributed by atoms with Crippen LogP contribution in [0.3, 0.4) is 0 Å². The minimum Gasteiger partial charge on any atom is -0.375 e. The molecule has 0 fully saturated rings. The summed E-state index contributed by atoms with van der Waals surface area (Å²) in [6.07, 6.45) is -0.596. The quantitative estimate of drug-likeness (QED) is 0.803. The van der Waals surface area contributed by atoms with Crippen LogP contribution in [0.15, 0.2) is 18.2 Å². The van der Waals surface area contributed by atoms with Gasteiger partial charge in [0.15, 0.2) is 0 Å². The number of ether oxygens (including phenoxy) is 1. The minimum atomic E-state index is -0.596. The molecule has 0 aromatic heterocycles. The second-order valence-electron chi connectivity index (χ2n) is 2.92. The van der Waals surface area contributed by atoms with Gasteiger partial charge >= 0.3 is 0 Å². The Balaban J connectivity index is 3.02. The van der Waals surface area contributed by atoms with E-state index in [2.05, 4.69) is 5.32 Å². The Labute approximate surface area is 81.9 Å². The number of benzene rings is 1. The molecular formula is C10H13F2NO. The van der Waals surface area contributed by atoms with E-state index in [4.69, 9.17) is 4.74 Å². The van der Waals surface area contributed by atoms with Gasteiger partial charge in [-0.2, -0.15) is 0 Å². The summed E-state index contributed by atoms with van der Waals surface area (Å²) in [7, 11) is 3.12. The van der Waals surface area contributed by atoms with Gasteiger partial charge in [-0.3, -0.25) is 0 Å². The van der Waals surface area contributed by atoms with Crippen LogP contribution in [-0.2, 0) is 4.74 Å². The van der Waals surface area contributed by atoms with Gasteiger partial charge < -0.3 is 10.1 Å². The van der Waals surface area contributed by atoms with E-state index in [1.54, 1.807) is 7.05 Å². The normalized spacial score (nSPS) is 12.9. The highest BCUT2D eigenvalue weighted by Gasteiger charge is 2.18. The number of halogens is 2. The maximum absolute atomic E-state index is 13.3. The van der Waals surface area contributed by atoms with Gasteiger partial charge in [-0.1, -0.05) is 6.07 Å². The molecule has 0 amide bonds. The molecule has 0 radical (unpaired) electrons. The lowest BCUT2D eigenvalue weighted by Gasteiger charge is -2.16. The second-order valence-corrected chi connectivity index (χ2v) is 2.92. The first kappa shape index (κ1) is 11.1. The third kappa shape index (κ3) is 2.27. The van der Waals surface area contributed by atoms with Crippen LogP contribution in [0.25, 0.3) is 0 Å². The molecule has 0 bridgehead atoms. The van der Waals surface area contributed by atoms with Crippen LogP contribution in [0.4, 0.5) is 8.78 Å². The Morgan fingerprint density at radius 3 is 2.36 bits per heavy atom. The lowest BCUT2D eigenvalue weighted by Crippen LogP contribution is -2.20. The maximum atomic E-state index is 13.3. The molecule has 0 aliphatic rings. The molecule has 0 aliphatic carbocycles. The number of nitrogens with one attached hydrogen (secondary N) is 1. The van der Waals surface area contributed by atoms with Crippen molar-refractivity contribution >= 4 is 0 Å². The van der Waals surface area contributed by atoms with Gasteiger partial charge in [-0.25, -0.2) is 8.78 Å². The third-order valence-electron chi connectivity index (χ3n) is 2.00. The SMILES string of the molecule is CNC[C@@H](OC)c1c(F)cccc1F. The van der Waals surface area contributed by atoms with E-state index in [0.717, 1.165) is 0 Å². The molecule has 78 valence electrons. The highest BCUT2D eigenvalue weighted by Crippen LogP contribution is 2.22. The predicted molar refractivity (Wildman–Crippen MR) is 50.0 cm³/mol. The van der Waals surface area contributed by atoms with Gasteiger partial charge in [0, 0.05) is 13.7 Å². The lowest BCUT2D eigenvalue weighted by atomic mass is 10.1. The van der Waals surface area contributed by atoms with E-state index in [0.29, 0.717) is 6.54 Å². The summed E-state index contributed by atoms with van der Waals surface area (Å²) in [4.78, 5) is 0. The Kier molecular flexibility index (Phi) is 3.98.